The minimum absolute atomic E-state index is 0.729. The minimum atomic E-state index is 0.729. The molecule has 4 rings (SSSR count). The Morgan fingerprint density at radius 1 is 1.18 bits per heavy atom. The number of aromatic nitrogens is 1. The Bertz CT molecular complexity index is 920. The van der Waals surface area contributed by atoms with E-state index in [2.05, 4.69) is 11.1 Å². The molecular weight excluding hydrogens is 294 g/mol. The summed E-state index contributed by atoms with van der Waals surface area (Å²) >= 11 is 6.11. The van der Waals surface area contributed by atoms with Crippen LogP contribution in [0.2, 0.25) is 5.02 Å². The number of aromatic amines is 1. The second-order valence-electron chi connectivity index (χ2n) is 5.65. The summed E-state index contributed by atoms with van der Waals surface area (Å²) in [5.74, 6) is 0. The van der Waals surface area contributed by atoms with Gasteiger partial charge in [-0.25, -0.2) is 0 Å². The smallest absolute Gasteiger partial charge is 0.150 e. The van der Waals surface area contributed by atoms with E-state index < -0.39 is 0 Å². The van der Waals surface area contributed by atoms with Crippen molar-refractivity contribution in [2.24, 2.45) is 0 Å². The van der Waals surface area contributed by atoms with Crippen molar-refractivity contribution in [2.75, 3.05) is 0 Å². The summed E-state index contributed by atoms with van der Waals surface area (Å²) in [6, 6.07) is 14.0. The Morgan fingerprint density at radius 2 is 2.05 bits per heavy atom. The summed E-state index contributed by atoms with van der Waals surface area (Å²) in [5, 5.41) is 1.86. The number of fused-ring (bicyclic) bond motifs is 2. The lowest BCUT2D eigenvalue weighted by Crippen LogP contribution is -1.92. The second kappa shape index (κ2) is 5.15. The lowest BCUT2D eigenvalue weighted by atomic mass is 10.0. The number of hydrogen-bond acceptors (Lipinski definition) is 1. The fraction of sp³-hybridized carbons (Fsp3) is 0.105. The Balaban J connectivity index is 1.77. The van der Waals surface area contributed by atoms with Crippen LogP contribution in [0.3, 0.4) is 0 Å². The molecule has 0 fully saturated rings. The monoisotopic (exact) mass is 307 g/mol. The average molecular weight is 308 g/mol. The molecule has 3 heteroatoms. The maximum absolute atomic E-state index is 11.5. The van der Waals surface area contributed by atoms with Crippen LogP contribution in [0, 0.1) is 0 Å². The van der Waals surface area contributed by atoms with Crippen LogP contribution in [-0.2, 0) is 17.6 Å². The Morgan fingerprint density at radius 3 is 2.91 bits per heavy atom. The lowest BCUT2D eigenvalue weighted by molar-refractivity contribution is -0.103. The van der Waals surface area contributed by atoms with Gasteiger partial charge in [-0.2, -0.15) is 0 Å². The highest BCUT2D eigenvalue weighted by Gasteiger charge is 2.21. The SMILES string of the molecule is O=CC1=C(Cc2c[nH]c3ccc(Cl)cc23)Cc2ccccc21. The van der Waals surface area contributed by atoms with Crippen LogP contribution in [-0.4, -0.2) is 11.3 Å². The van der Waals surface area contributed by atoms with E-state index in [1.54, 1.807) is 0 Å². The second-order valence-corrected chi connectivity index (χ2v) is 6.09. The molecule has 1 aliphatic rings. The van der Waals surface area contributed by atoms with Crippen LogP contribution < -0.4 is 0 Å². The fourth-order valence-electron chi connectivity index (χ4n) is 3.28. The lowest BCUT2D eigenvalue weighted by Gasteiger charge is -2.03. The number of nitrogens with one attached hydrogen (secondary N) is 1. The zero-order chi connectivity index (χ0) is 15.1. The van der Waals surface area contributed by atoms with Gasteiger partial charge in [-0.15, -0.1) is 0 Å². The summed E-state index contributed by atoms with van der Waals surface area (Å²) in [7, 11) is 0. The van der Waals surface area contributed by atoms with Gasteiger partial charge in [-0.1, -0.05) is 41.4 Å². The van der Waals surface area contributed by atoms with Gasteiger partial charge in [0.2, 0.25) is 0 Å². The number of benzene rings is 2. The molecule has 1 heterocycles. The molecule has 0 bridgehead atoms. The first-order valence-corrected chi connectivity index (χ1v) is 7.65. The average Bonchev–Trinajstić information content (AvgIpc) is 3.08. The van der Waals surface area contributed by atoms with Crippen LogP contribution in [0.15, 0.2) is 54.2 Å². The van der Waals surface area contributed by atoms with Gasteiger partial charge in [0.25, 0.3) is 0 Å². The molecule has 0 saturated carbocycles. The largest absolute Gasteiger partial charge is 0.361 e. The first kappa shape index (κ1) is 13.4. The van der Waals surface area contributed by atoms with Gasteiger partial charge >= 0.3 is 0 Å². The molecule has 1 aromatic heterocycles. The summed E-state index contributed by atoms with van der Waals surface area (Å²) in [6.45, 7) is 0. The van der Waals surface area contributed by atoms with Gasteiger partial charge in [-0.05, 0) is 47.7 Å². The van der Waals surface area contributed by atoms with E-state index in [1.165, 1.54) is 16.7 Å². The fourth-order valence-corrected chi connectivity index (χ4v) is 3.46. The molecule has 3 aromatic rings. The van der Waals surface area contributed by atoms with Gasteiger partial charge < -0.3 is 4.98 Å². The topological polar surface area (TPSA) is 32.9 Å². The molecule has 0 spiro atoms. The quantitative estimate of drug-likeness (QED) is 0.706. The van der Waals surface area contributed by atoms with Crippen molar-refractivity contribution in [1.82, 2.24) is 4.98 Å². The molecule has 2 aromatic carbocycles. The number of allylic oxidation sites excluding steroid dienone is 2. The Kier molecular flexibility index (Phi) is 3.12. The van der Waals surface area contributed by atoms with Crippen molar-refractivity contribution in [3.63, 3.8) is 0 Å². The molecule has 0 amide bonds. The van der Waals surface area contributed by atoms with E-state index in [1.807, 2.05) is 42.6 Å². The third-order valence-corrected chi connectivity index (χ3v) is 4.58. The van der Waals surface area contributed by atoms with Crippen LogP contribution >= 0.6 is 11.6 Å². The standard InChI is InChI=1S/C19H14ClNO/c20-15-5-6-19-17(9-15)14(10-21-19)8-13-7-12-3-1-2-4-16(12)18(13)11-22/h1-6,9-11,21H,7-8H2. The zero-order valence-corrected chi connectivity index (χ0v) is 12.7. The van der Waals surface area contributed by atoms with Crippen molar-refractivity contribution in [2.45, 2.75) is 12.8 Å². The van der Waals surface area contributed by atoms with Crippen molar-refractivity contribution < 1.29 is 4.79 Å². The third kappa shape index (κ3) is 2.08. The van der Waals surface area contributed by atoms with E-state index >= 15 is 0 Å². The van der Waals surface area contributed by atoms with Gasteiger partial charge in [0.15, 0.2) is 6.29 Å². The van der Waals surface area contributed by atoms with Crippen molar-refractivity contribution >= 4 is 34.4 Å². The Hall–Kier alpha value is -2.32. The van der Waals surface area contributed by atoms with Crippen LogP contribution in [0.5, 0.6) is 0 Å². The van der Waals surface area contributed by atoms with E-state index in [0.29, 0.717) is 0 Å². The molecular formula is C19H14ClNO. The molecule has 2 nitrogen and oxygen atoms in total. The normalized spacial score (nSPS) is 13.7. The van der Waals surface area contributed by atoms with Gasteiger partial charge in [0, 0.05) is 27.7 Å². The molecule has 108 valence electrons. The third-order valence-electron chi connectivity index (χ3n) is 4.34. The maximum atomic E-state index is 11.5. The van der Waals surface area contributed by atoms with Gasteiger partial charge in [0.05, 0.1) is 0 Å². The molecule has 1 N–H and O–H groups in total. The van der Waals surface area contributed by atoms with E-state index in [9.17, 15) is 4.79 Å². The maximum Gasteiger partial charge on any atom is 0.150 e. The number of carbonyl (C=O) groups is 1. The Labute approximate surface area is 133 Å². The van der Waals surface area contributed by atoms with Crippen molar-refractivity contribution in [3.05, 3.63) is 75.9 Å². The molecule has 22 heavy (non-hydrogen) atoms. The number of aldehydes is 1. The van der Waals surface area contributed by atoms with Crippen LogP contribution in [0.4, 0.5) is 0 Å². The zero-order valence-electron chi connectivity index (χ0n) is 11.9. The summed E-state index contributed by atoms with van der Waals surface area (Å²) < 4.78 is 0. The van der Waals surface area contributed by atoms with Gasteiger partial charge in [0.1, 0.15) is 0 Å². The number of halogens is 1. The molecule has 0 aliphatic heterocycles. The predicted octanol–water partition coefficient (Wildman–Crippen LogP) is 4.57. The van der Waals surface area contributed by atoms with E-state index in [4.69, 9.17) is 11.6 Å². The molecule has 0 radical (unpaired) electrons. The predicted molar refractivity (Wildman–Crippen MR) is 90.1 cm³/mol. The highest BCUT2D eigenvalue weighted by atomic mass is 35.5. The molecule has 0 saturated heterocycles. The first-order chi connectivity index (χ1) is 10.8. The first-order valence-electron chi connectivity index (χ1n) is 7.27. The van der Waals surface area contributed by atoms with Crippen LogP contribution in [0.1, 0.15) is 16.7 Å². The minimum Gasteiger partial charge on any atom is -0.361 e. The number of H-pyrrole nitrogens is 1. The summed E-state index contributed by atoms with van der Waals surface area (Å²) in [5.41, 5.74) is 6.58. The number of hydrogen-bond donors (Lipinski definition) is 1. The number of rotatable bonds is 3. The van der Waals surface area contributed by atoms with Crippen LogP contribution in [0.25, 0.3) is 16.5 Å². The molecule has 1 aliphatic carbocycles. The highest BCUT2D eigenvalue weighted by Crippen LogP contribution is 2.34. The summed E-state index contributed by atoms with van der Waals surface area (Å²) in [4.78, 5) is 14.8. The summed E-state index contributed by atoms with van der Waals surface area (Å²) in [6.07, 6.45) is 4.61. The molecule has 0 atom stereocenters. The highest BCUT2D eigenvalue weighted by molar-refractivity contribution is 6.31. The van der Waals surface area contributed by atoms with E-state index in [0.717, 1.165) is 46.2 Å². The molecule has 0 unspecified atom stereocenters. The van der Waals surface area contributed by atoms with Crippen molar-refractivity contribution in [1.29, 1.82) is 0 Å². The van der Waals surface area contributed by atoms with Crippen molar-refractivity contribution in [3.8, 4) is 0 Å². The number of carbonyl (C=O) groups excluding carboxylic acids is 1. The van der Waals surface area contributed by atoms with E-state index in [-0.39, 0.29) is 0 Å². The van der Waals surface area contributed by atoms with Gasteiger partial charge in [-0.3, -0.25) is 4.79 Å².